The third-order valence-electron chi connectivity index (χ3n) is 4.63. The maximum atomic E-state index is 12.2. The number of nitrogens with zero attached hydrogens (tertiary/aromatic N) is 3. The van der Waals surface area contributed by atoms with E-state index < -0.39 is 0 Å². The Labute approximate surface area is 126 Å². The highest BCUT2D eigenvalue weighted by molar-refractivity contribution is 5.84. The van der Waals surface area contributed by atoms with Crippen LogP contribution in [0.15, 0.2) is 5.16 Å². The number of hydrogen-bond acceptors (Lipinski definition) is 4. The van der Waals surface area contributed by atoms with Gasteiger partial charge in [-0.1, -0.05) is 24.4 Å². The fourth-order valence-electron chi connectivity index (χ4n) is 3.10. The zero-order chi connectivity index (χ0) is 15.2. The summed E-state index contributed by atoms with van der Waals surface area (Å²) in [6, 6.07) is 0.303. The number of amidine groups is 1. The van der Waals surface area contributed by atoms with Crippen LogP contribution in [0.5, 0.6) is 0 Å². The number of nitrogens with one attached hydrogen (secondary N) is 1. The average Bonchev–Trinajstić information content (AvgIpc) is 2.54. The summed E-state index contributed by atoms with van der Waals surface area (Å²) in [6.07, 6.45) is 5.93. The van der Waals surface area contributed by atoms with E-state index in [-0.39, 0.29) is 17.9 Å². The highest BCUT2D eigenvalue weighted by atomic mass is 16.4. The molecule has 1 heterocycles. The van der Waals surface area contributed by atoms with Crippen molar-refractivity contribution in [3.05, 3.63) is 0 Å². The molecule has 1 aliphatic heterocycles. The molecule has 7 heteroatoms. The fraction of sp³-hybridized carbons (Fsp3) is 0.857. The lowest BCUT2D eigenvalue weighted by atomic mass is 9.96. The van der Waals surface area contributed by atoms with Crippen LogP contribution in [-0.2, 0) is 0 Å². The van der Waals surface area contributed by atoms with Crippen LogP contribution >= 0.6 is 0 Å². The summed E-state index contributed by atoms with van der Waals surface area (Å²) in [7, 11) is 0. The van der Waals surface area contributed by atoms with Gasteiger partial charge in [-0.2, -0.15) is 0 Å². The van der Waals surface area contributed by atoms with E-state index in [2.05, 4.69) is 15.4 Å². The first-order valence-corrected chi connectivity index (χ1v) is 7.88. The molecule has 21 heavy (non-hydrogen) atoms. The summed E-state index contributed by atoms with van der Waals surface area (Å²) >= 11 is 0. The second-order valence-corrected chi connectivity index (χ2v) is 6.01. The summed E-state index contributed by atoms with van der Waals surface area (Å²) in [4.78, 5) is 16.2. The molecule has 0 aromatic rings. The number of amides is 2. The smallest absolute Gasteiger partial charge is 0.317 e. The first-order valence-electron chi connectivity index (χ1n) is 7.88. The van der Waals surface area contributed by atoms with E-state index >= 15 is 0 Å². The minimum atomic E-state index is -0.0986. The average molecular weight is 297 g/mol. The molecule has 4 N–H and O–H groups in total. The number of rotatable bonds is 3. The molecule has 1 atom stereocenters. The molecule has 2 amide bonds. The van der Waals surface area contributed by atoms with Gasteiger partial charge in [-0.25, -0.2) is 4.79 Å². The van der Waals surface area contributed by atoms with Gasteiger partial charge in [0.05, 0.1) is 6.04 Å². The van der Waals surface area contributed by atoms with E-state index in [0.29, 0.717) is 19.1 Å². The Hall–Kier alpha value is -1.50. The van der Waals surface area contributed by atoms with E-state index in [4.69, 9.17) is 10.9 Å². The minimum absolute atomic E-state index is 0.0537. The third-order valence-corrected chi connectivity index (χ3v) is 4.63. The lowest BCUT2D eigenvalue weighted by molar-refractivity contribution is 0.127. The van der Waals surface area contributed by atoms with E-state index in [1.165, 1.54) is 19.3 Å². The van der Waals surface area contributed by atoms with Crippen molar-refractivity contribution in [3.63, 3.8) is 0 Å². The third kappa shape index (κ3) is 4.23. The lowest BCUT2D eigenvalue weighted by Gasteiger charge is -2.38. The van der Waals surface area contributed by atoms with Gasteiger partial charge in [0.2, 0.25) is 0 Å². The SMILES string of the molecule is CC(C(N)=NO)N1CCN(C(=O)NC2CCCCC2)CC1. The van der Waals surface area contributed by atoms with Crippen LogP contribution in [0.1, 0.15) is 39.0 Å². The highest BCUT2D eigenvalue weighted by Crippen LogP contribution is 2.17. The van der Waals surface area contributed by atoms with Gasteiger partial charge in [0, 0.05) is 32.2 Å². The molecule has 1 aliphatic carbocycles. The standard InChI is InChI=1S/C14H27N5O2/c1-11(13(15)17-21)18-7-9-19(10-8-18)14(20)16-12-5-3-2-4-6-12/h11-12,21H,2-10H2,1H3,(H2,15,17)(H,16,20). The number of oxime groups is 1. The van der Waals surface area contributed by atoms with Crippen LogP contribution < -0.4 is 11.1 Å². The van der Waals surface area contributed by atoms with Crippen LogP contribution in [0, 0.1) is 0 Å². The number of nitrogens with two attached hydrogens (primary N) is 1. The molecule has 7 nitrogen and oxygen atoms in total. The molecular formula is C14H27N5O2. The number of urea groups is 1. The van der Waals surface area contributed by atoms with Gasteiger partial charge in [0.25, 0.3) is 0 Å². The molecule has 0 aromatic heterocycles. The molecule has 0 aromatic carbocycles. The molecule has 2 rings (SSSR count). The van der Waals surface area contributed by atoms with Crippen molar-refractivity contribution >= 4 is 11.9 Å². The van der Waals surface area contributed by atoms with Gasteiger partial charge in [0.1, 0.15) is 0 Å². The summed E-state index contributed by atoms with van der Waals surface area (Å²) in [5.41, 5.74) is 5.63. The van der Waals surface area contributed by atoms with Gasteiger partial charge in [0.15, 0.2) is 5.84 Å². The van der Waals surface area contributed by atoms with Crippen molar-refractivity contribution in [3.8, 4) is 0 Å². The van der Waals surface area contributed by atoms with Crippen molar-refractivity contribution in [2.24, 2.45) is 10.9 Å². The van der Waals surface area contributed by atoms with E-state index in [0.717, 1.165) is 25.9 Å². The second kappa shape index (κ2) is 7.49. The molecule has 1 saturated carbocycles. The van der Waals surface area contributed by atoms with Crippen molar-refractivity contribution in [1.82, 2.24) is 15.1 Å². The number of carbonyl (C=O) groups is 1. The Kier molecular flexibility index (Phi) is 5.67. The molecule has 1 unspecified atom stereocenters. The minimum Gasteiger partial charge on any atom is -0.409 e. The monoisotopic (exact) mass is 297 g/mol. The van der Waals surface area contributed by atoms with Gasteiger partial charge in [-0.15, -0.1) is 0 Å². The van der Waals surface area contributed by atoms with Crippen LogP contribution in [0.2, 0.25) is 0 Å². The van der Waals surface area contributed by atoms with Crippen molar-refractivity contribution in [2.45, 2.75) is 51.1 Å². The van der Waals surface area contributed by atoms with Crippen molar-refractivity contribution in [1.29, 1.82) is 0 Å². The normalized spacial score (nSPS) is 23.9. The lowest BCUT2D eigenvalue weighted by Crippen LogP contribution is -2.57. The first-order chi connectivity index (χ1) is 10.1. The first kappa shape index (κ1) is 15.9. The zero-order valence-electron chi connectivity index (χ0n) is 12.8. The van der Waals surface area contributed by atoms with Crippen molar-refractivity contribution in [2.75, 3.05) is 26.2 Å². The van der Waals surface area contributed by atoms with Gasteiger partial charge in [-0.3, -0.25) is 4.90 Å². The van der Waals surface area contributed by atoms with Crippen LogP contribution in [0.3, 0.4) is 0 Å². The summed E-state index contributed by atoms with van der Waals surface area (Å²) < 4.78 is 0. The van der Waals surface area contributed by atoms with E-state index in [1.807, 2.05) is 11.8 Å². The summed E-state index contributed by atoms with van der Waals surface area (Å²) in [5, 5.41) is 14.9. The highest BCUT2D eigenvalue weighted by Gasteiger charge is 2.27. The summed E-state index contributed by atoms with van der Waals surface area (Å²) in [6.45, 7) is 4.76. The van der Waals surface area contributed by atoms with Gasteiger partial charge in [-0.05, 0) is 19.8 Å². The molecule has 2 aliphatic rings. The topological polar surface area (TPSA) is 94.2 Å². The maximum absolute atomic E-state index is 12.2. The van der Waals surface area contributed by atoms with Gasteiger partial charge >= 0.3 is 6.03 Å². The number of piperazine rings is 1. The molecule has 0 radical (unpaired) electrons. The molecule has 1 saturated heterocycles. The zero-order valence-corrected chi connectivity index (χ0v) is 12.8. The molecular weight excluding hydrogens is 270 g/mol. The van der Waals surface area contributed by atoms with Crippen LogP contribution in [-0.4, -0.2) is 65.1 Å². The summed E-state index contributed by atoms with van der Waals surface area (Å²) in [5.74, 6) is 0.218. The van der Waals surface area contributed by atoms with Crippen LogP contribution in [0.25, 0.3) is 0 Å². The molecule has 0 bridgehead atoms. The second-order valence-electron chi connectivity index (χ2n) is 6.01. The molecule has 120 valence electrons. The Morgan fingerprint density at radius 1 is 1.24 bits per heavy atom. The van der Waals surface area contributed by atoms with Crippen LogP contribution in [0.4, 0.5) is 4.79 Å². The molecule has 2 fully saturated rings. The largest absolute Gasteiger partial charge is 0.409 e. The van der Waals surface area contributed by atoms with E-state index in [9.17, 15) is 4.79 Å². The Balaban J connectivity index is 1.76. The number of hydrogen-bond donors (Lipinski definition) is 3. The van der Waals surface area contributed by atoms with Crippen molar-refractivity contribution < 1.29 is 10.0 Å². The Morgan fingerprint density at radius 2 is 1.86 bits per heavy atom. The number of carbonyl (C=O) groups excluding carboxylic acids is 1. The fourth-order valence-corrected chi connectivity index (χ4v) is 3.10. The Bertz CT molecular complexity index is 374. The predicted octanol–water partition coefficient (Wildman–Crippen LogP) is 0.781. The predicted molar refractivity (Wildman–Crippen MR) is 81.4 cm³/mol. The van der Waals surface area contributed by atoms with E-state index in [1.54, 1.807) is 0 Å². The maximum Gasteiger partial charge on any atom is 0.317 e. The quantitative estimate of drug-likeness (QED) is 0.310. The Morgan fingerprint density at radius 3 is 2.43 bits per heavy atom. The molecule has 0 spiro atoms. The van der Waals surface area contributed by atoms with Gasteiger partial charge < -0.3 is 21.2 Å².